The van der Waals surface area contributed by atoms with Gasteiger partial charge in [-0.1, -0.05) is 20.8 Å². The van der Waals surface area contributed by atoms with Crippen LogP contribution in [-0.2, 0) is 0 Å². The summed E-state index contributed by atoms with van der Waals surface area (Å²) >= 11 is 0. The van der Waals surface area contributed by atoms with Gasteiger partial charge in [0.2, 0.25) is 0 Å². The van der Waals surface area contributed by atoms with Gasteiger partial charge in [-0.15, -0.1) is 0 Å². The van der Waals surface area contributed by atoms with E-state index in [1.54, 1.807) is 0 Å². The molecule has 0 bridgehead atoms. The Bertz CT molecular complexity index is 214. The molecule has 1 rings (SSSR count). The first kappa shape index (κ1) is 13.0. The van der Waals surface area contributed by atoms with Gasteiger partial charge in [0.05, 0.1) is 5.60 Å². The van der Waals surface area contributed by atoms with Gasteiger partial charge in [-0.3, -0.25) is 0 Å². The lowest BCUT2D eigenvalue weighted by Crippen LogP contribution is -2.58. The largest absolute Gasteiger partial charge is 0.388 e. The first-order chi connectivity index (χ1) is 6.56. The van der Waals surface area contributed by atoms with Crippen molar-refractivity contribution in [3.05, 3.63) is 0 Å². The minimum absolute atomic E-state index is 0.361. The van der Waals surface area contributed by atoms with Gasteiger partial charge in [-0.25, -0.2) is 0 Å². The van der Waals surface area contributed by atoms with Crippen LogP contribution in [0.1, 0.15) is 60.3 Å². The van der Waals surface area contributed by atoms with Gasteiger partial charge >= 0.3 is 0 Å². The van der Waals surface area contributed by atoms with Crippen LogP contribution in [0.4, 0.5) is 0 Å². The molecule has 0 spiro atoms. The fraction of sp³-hybridized carbons (Fsp3) is 1.00. The van der Waals surface area contributed by atoms with Gasteiger partial charge in [0.1, 0.15) is 0 Å². The molecule has 0 radical (unpaired) electrons. The molecule has 0 heterocycles. The molecule has 0 aromatic rings. The Morgan fingerprint density at radius 3 is 1.73 bits per heavy atom. The van der Waals surface area contributed by atoms with Crippen LogP contribution < -0.4 is 5.73 Å². The Balaban J connectivity index is 2.64. The maximum absolute atomic E-state index is 10.5. The highest BCUT2D eigenvalue weighted by Gasteiger charge is 2.44. The molecule has 2 nitrogen and oxygen atoms in total. The van der Waals surface area contributed by atoms with Crippen LogP contribution in [0.15, 0.2) is 0 Å². The quantitative estimate of drug-likeness (QED) is 0.703. The first-order valence-electron chi connectivity index (χ1n) is 6.07. The molecule has 0 saturated heterocycles. The summed E-state index contributed by atoms with van der Waals surface area (Å²) in [5, 5.41) is 10.5. The molecule has 0 amide bonds. The lowest BCUT2D eigenvalue weighted by atomic mass is 9.64. The van der Waals surface area contributed by atoms with E-state index >= 15 is 0 Å². The van der Waals surface area contributed by atoms with Crippen molar-refractivity contribution in [1.29, 1.82) is 0 Å². The normalized spacial score (nSPS) is 34.2. The number of rotatable bonds is 1. The van der Waals surface area contributed by atoms with Crippen LogP contribution in [0, 0.1) is 11.3 Å². The maximum Gasteiger partial charge on any atom is 0.0821 e. The standard InChI is InChI=1S/C13H27NO/c1-11(2,3)10-6-8-13(15,9-7-10)12(4,5)14/h10,15H,6-9,14H2,1-5H3. The van der Waals surface area contributed by atoms with Crippen LogP contribution in [0.2, 0.25) is 0 Å². The molecule has 0 aliphatic heterocycles. The fourth-order valence-corrected chi connectivity index (χ4v) is 2.61. The molecule has 0 unspecified atom stereocenters. The zero-order chi connectivity index (χ0) is 11.9. The molecule has 3 N–H and O–H groups in total. The predicted molar refractivity (Wildman–Crippen MR) is 64.6 cm³/mol. The third kappa shape index (κ3) is 2.73. The Kier molecular flexibility index (Phi) is 3.24. The lowest BCUT2D eigenvalue weighted by Gasteiger charge is -2.47. The monoisotopic (exact) mass is 213 g/mol. The number of aliphatic hydroxyl groups is 1. The highest BCUT2D eigenvalue weighted by Crippen LogP contribution is 2.44. The summed E-state index contributed by atoms with van der Waals surface area (Å²) in [4.78, 5) is 0. The molecule has 1 saturated carbocycles. The first-order valence-corrected chi connectivity index (χ1v) is 6.07. The molecule has 15 heavy (non-hydrogen) atoms. The topological polar surface area (TPSA) is 46.2 Å². The highest BCUT2D eigenvalue weighted by atomic mass is 16.3. The van der Waals surface area contributed by atoms with Crippen LogP contribution in [0.25, 0.3) is 0 Å². The lowest BCUT2D eigenvalue weighted by molar-refractivity contribution is -0.0715. The summed E-state index contributed by atoms with van der Waals surface area (Å²) < 4.78 is 0. The molecular weight excluding hydrogens is 186 g/mol. The van der Waals surface area contributed by atoms with Gasteiger partial charge < -0.3 is 10.8 Å². The third-order valence-electron chi connectivity index (χ3n) is 4.24. The summed E-state index contributed by atoms with van der Waals surface area (Å²) in [6.07, 6.45) is 3.89. The van der Waals surface area contributed by atoms with Crippen LogP contribution in [0.3, 0.4) is 0 Å². The van der Waals surface area contributed by atoms with Gasteiger partial charge in [0.15, 0.2) is 0 Å². The van der Waals surface area contributed by atoms with Gasteiger partial charge in [0.25, 0.3) is 0 Å². The Hall–Kier alpha value is -0.0800. The highest BCUT2D eigenvalue weighted by molar-refractivity contribution is 5.01. The smallest absolute Gasteiger partial charge is 0.0821 e. The van der Waals surface area contributed by atoms with E-state index in [1.165, 1.54) is 0 Å². The summed E-state index contributed by atoms with van der Waals surface area (Å²) in [5.41, 5.74) is 5.28. The van der Waals surface area contributed by atoms with Crippen molar-refractivity contribution in [1.82, 2.24) is 0 Å². The second-order valence-electron chi connectivity index (χ2n) is 6.89. The third-order valence-corrected chi connectivity index (χ3v) is 4.24. The van der Waals surface area contributed by atoms with Crippen LogP contribution >= 0.6 is 0 Å². The molecule has 2 heteroatoms. The summed E-state index contributed by atoms with van der Waals surface area (Å²) in [5.74, 6) is 0.722. The molecule has 90 valence electrons. The van der Waals surface area contributed by atoms with Crippen molar-refractivity contribution in [2.24, 2.45) is 17.1 Å². The van der Waals surface area contributed by atoms with E-state index in [0.717, 1.165) is 31.6 Å². The molecular formula is C13H27NO. The maximum atomic E-state index is 10.5. The molecule has 0 aromatic heterocycles. The SMILES string of the molecule is CC(C)(C)C1CCC(O)(C(C)(C)N)CC1. The Morgan fingerprint density at radius 2 is 1.47 bits per heavy atom. The van der Waals surface area contributed by atoms with Crippen molar-refractivity contribution < 1.29 is 5.11 Å². The second-order valence-corrected chi connectivity index (χ2v) is 6.89. The van der Waals surface area contributed by atoms with E-state index < -0.39 is 11.1 Å². The van der Waals surface area contributed by atoms with Gasteiger partial charge in [-0.2, -0.15) is 0 Å². The molecule has 1 aliphatic carbocycles. The Labute approximate surface area is 94.2 Å². The van der Waals surface area contributed by atoms with Crippen molar-refractivity contribution >= 4 is 0 Å². The average Bonchev–Trinajstić information content (AvgIpc) is 2.01. The van der Waals surface area contributed by atoms with E-state index in [-0.39, 0.29) is 0 Å². The predicted octanol–water partition coefficient (Wildman–Crippen LogP) is 2.69. The number of hydrogen-bond donors (Lipinski definition) is 2. The van der Waals surface area contributed by atoms with E-state index in [0.29, 0.717) is 5.41 Å². The van der Waals surface area contributed by atoms with Gasteiger partial charge in [0, 0.05) is 5.54 Å². The zero-order valence-electron chi connectivity index (χ0n) is 10.9. The molecule has 1 aliphatic rings. The van der Waals surface area contributed by atoms with E-state index in [4.69, 9.17) is 5.73 Å². The van der Waals surface area contributed by atoms with E-state index in [1.807, 2.05) is 13.8 Å². The molecule has 1 fully saturated rings. The minimum Gasteiger partial charge on any atom is -0.388 e. The average molecular weight is 213 g/mol. The summed E-state index contributed by atoms with van der Waals surface area (Å²) in [6.45, 7) is 10.7. The van der Waals surface area contributed by atoms with Crippen molar-refractivity contribution in [2.45, 2.75) is 71.4 Å². The second kappa shape index (κ2) is 3.74. The van der Waals surface area contributed by atoms with Crippen molar-refractivity contribution in [3.63, 3.8) is 0 Å². The van der Waals surface area contributed by atoms with Crippen molar-refractivity contribution in [3.8, 4) is 0 Å². The summed E-state index contributed by atoms with van der Waals surface area (Å²) in [6, 6.07) is 0. The van der Waals surface area contributed by atoms with E-state index in [9.17, 15) is 5.11 Å². The van der Waals surface area contributed by atoms with Crippen LogP contribution in [-0.4, -0.2) is 16.2 Å². The van der Waals surface area contributed by atoms with E-state index in [2.05, 4.69) is 20.8 Å². The van der Waals surface area contributed by atoms with Crippen LogP contribution in [0.5, 0.6) is 0 Å². The number of hydrogen-bond acceptors (Lipinski definition) is 2. The summed E-state index contributed by atoms with van der Waals surface area (Å²) in [7, 11) is 0. The minimum atomic E-state index is -0.658. The zero-order valence-corrected chi connectivity index (χ0v) is 10.9. The number of nitrogens with two attached hydrogens (primary N) is 1. The molecule has 0 atom stereocenters. The fourth-order valence-electron chi connectivity index (χ4n) is 2.61. The molecule has 0 aromatic carbocycles. The van der Waals surface area contributed by atoms with Crippen molar-refractivity contribution in [2.75, 3.05) is 0 Å². The Morgan fingerprint density at radius 1 is 1.07 bits per heavy atom. The van der Waals surface area contributed by atoms with Gasteiger partial charge in [-0.05, 0) is 50.9 Å².